The first-order chi connectivity index (χ1) is 14.1. The number of likely N-dealkylation sites (tertiary alicyclic amines) is 1. The van der Waals surface area contributed by atoms with Crippen LogP contribution in [-0.4, -0.2) is 52.9 Å². The molecule has 1 heterocycles. The van der Waals surface area contributed by atoms with E-state index in [1.54, 1.807) is 4.90 Å². The molecule has 0 radical (unpaired) electrons. The molecule has 0 aliphatic carbocycles. The van der Waals surface area contributed by atoms with E-state index in [1.807, 2.05) is 51.1 Å². The van der Waals surface area contributed by atoms with Crippen molar-refractivity contribution in [2.45, 2.75) is 64.7 Å². The lowest BCUT2D eigenvalue weighted by atomic mass is 9.90. The average molecular weight is 421 g/mol. The van der Waals surface area contributed by atoms with Gasteiger partial charge in [0.15, 0.2) is 0 Å². The van der Waals surface area contributed by atoms with Gasteiger partial charge in [-0.3, -0.25) is 0 Å². The van der Waals surface area contributed by atoms with Crippen molar-refractivity contribution in [1.82, 2.24) is 10.2 Å². The molecule has 1 aromatic carbocycles. The number of hydrogen-bond donors (Lipinski definition) is 2. The van der Waals surface area contributed by atoms with E-state index >= 15 is 0 Å². The average Bonchev–Trinajstić information content (AvgIpc) is 2.69. The molecule has 1 atom stereocenters. The number of carbonyl (C=O) groups excluding carboxylic acids is 2. The quantitative estimate of drug-likeness (QED) is 0.695. The fraction of sp³-hybridized carbons (Fsp3) is 0.591. The first kappa shape index (κ1) is 23.5. The first-order valence-corrected chi connectivity index (χ1v) is 10.3. The van der Waals surface area contributed by atoms with Crippen molar-refractivity contribution < 1.29 is 29.0 Å². The molecule has 2 amide bonds. The standard InChI is InChI=1S/C22H32N2O6/c1-22(2,3)30-21(28)24-13-11-16(12-14-24)9-10-18(19(25)26)23-20(27)29-15-17-7-5-4-6-8-17/h4-8,16,18H,9-15H2,1-3H3,(H,23,27)(H,25,26). The molecule has 1 aliphatic rings. The third kappa shape index (κ3) is 8.31. The Labute approximate surface area is 177 Å². The van der Waals surface area contributed by atoms with E-state index < -0.39 is 23.7 Å². The minimum atomic E-state index is -1.09. The van der Waals surface area contributed by atoms with E-state index in [9.17, 15) is 19.5 Å². The summed E-state index contributed by atoms with van der Waals surface area (Å²) in [6, 6.07) is 8.19. The molecule has 0 bridgehead atoms. The minimum Gasteiger partial charge on any atom is -0.480 e. The van der Waals surface area contributed by atoms with Crippen molar-refractivity contribution in [2.24, 2.45) is 5.92 Å². The predicted octanol–water partition coefficient (Wildman–Crippen LogP) is 3.79. The van der Waals surface area contributed by atoms with Gasteiger partial charge in [-0.05, 0) is 57.9 Å². The van der Waals surface area contributed by atoms with Crippen LogP contribution in [0.4, 0.5) is 9.59 Å². The van der Waals surface area contributed by atoms with Crippen molar-refractivity contribution in [1.29, 1.82) is 0 Å². The Balaban J connectivity index is 1.72. The number of benzene rings is 1. The molecular formula is C22H32N2O6. The molecular weight excluding hydrogens is 388 g/mol. The van der Waals surface area contributed by atoms with Gasteiger partial charge in [0.05, 0.1) is 0 Å². The number of nitrogens with one attached hydrogen (secondary N) is 1. The smallest absolute Gasteiger partial charge is 0.410 e. The van der Waals surface area contributed by atoms with Crippen molar-refractivity contribution in [3.05, 3.63) is 35.9 Å². The molecule has 1 saturated heterocycles. The highest BCUT2D eigenvalue weighted by Crippen LogP contribution is 2.24. The van der Waals surface area contributed by atoms with E-state index in [0.29, 0.717) is 31.8 Å². The van der Waals surface area contributed by atoms with E-state index in [1.165, 1.54) is 0 Å². The number of nitrogens with zero attached hydrogens (tertiary/aromatic N) is 1. The van der Waals surface area contributed by atoms with Crippen LogP contribution in [0.2, 0.25) is 0 Å². The molecule has 0 saturated carbocycles. The molecule has 1 aromatic rings. The summed E-state index contributed by atoms with van der Waals surface area (Å²) in [5, 5.41) is 11.9. The van der Waals surface area contributed by atoms with Gasteiger partial charge in [-0.1, -0.05) is 30.3 Å². The number of carboxylic acid groups (broad SMARTS) is 1. The summed E-state index contributed by atoms with van der Waals surface area (Å²) >= 11 is 0. The lowest BCUT2D eigenvalue weighted by molar-refractivity contribution is -0.139. The lowest BCUT2D eigenvalue weighted by Gasteiger charge is -2.33. The second-order valence-corrected chi connectivity index (χ2v) is 8.59. The van der Waals surface area contributed by atoms with Crippen LogP contribution in [-0.2, 0) is 20.9 Å². The summed E-state index contributed by atoms with van der Waals surface area (Å²) < 4.78 is 10.5. The van der Waals surface area contributed by atoms with Crippen LogP contribution in [0, 0.1) is 5.92 Å². The highest BCUT2D eigenvalue weighted by atomic mass is 16.6. The van der Waals surface area contributed by atoms with Crippen molar-refractivity contribution in [2.75, 3.05) is 13.1 Å². The number of alkyl carbamates (subject to hydrolysis) is 1. The van der Waals surface area contributed by atoms with E-state index in [0.717, 1.165) is 18.4 Å². The minimum absolute atomic E-state index is 0.0855. The number of amides is 2. The topological polar surface area (TPSA) is 105 Å². The van der Waals surface area contributed by atoms with Crippen LogP contribution in [0.3, 0.4) is 0 Å². The van der Waals surface area contributed by atoms with Gasteiger partial charge in [-0.15, -0.1) is 0 Å². The Hall–Kier alpha value is -2.77. The lowest BCUT2D eigenvalue weighted by Crippen LogP contribution is -2.43. The summed E-state index contributed by atoms with van der Waals surface area (Å²) in [7, 11) is 0. The Bertz CT molecular complexity index is 708. The second kappa shape index (κ2) is 10.8. The van der Waals surface area contributed by atoms with Gasteiger partial charge < -0.3 is 24.8 Å². The van der Waals surface area contributed by atoms with Gasteiger partial charge in [-0.2, -0.15) is 0 Å². The van der Waals surface area contributed by atoms with E-state index in [2.05, 4.69) is 5.32 Å². The number of piperidine rings is 1. The zero-order valence-corrected chi connectivity index (χ0v) is 17.9. The maximum Gasteiger partial charge on any atom is 0.410 e. The van der Waals surface area contributed by atoms with Crippen LogP contribution in [0.25, 0.3) is 0 Å². The van der Waals surface area contributed by atoms with E-state index in [-0.39, 0.29) is 12.7 Å². The van der Waals surface area contributed by atoms with Crippen LogP contribution in [0.1, 0.15) is 52.0 Å². The van der Waals surface area contributed by atoms with E-state index in [4.69, 9.17) is 9.47 Å². The number of carbonyl (C=O) groups is 3. The van der Waals surface area contributed by atoms with Gasteiger partial charge in [0.2, 0.25) is 0 Å². The normalized spacial score (nSPS) is 15.9. The summed E-state index contributed by atoms with van der Waals surface area (Å²) in [6.45, 7) is 6.76. The fourth-order valence-electron chi connectivity index (χ4n) is 3.30. The van der Waals surface area contributed by atoms with Crippen LogP contribution < -0.4 is 5.32 Å². The highest BCUT2D eigenvalue weighted by Gasteiger charge is 2.28. The summed E-state index contributed by atoms with van der Waals surface area (Å²) in [6.07, 6.45) is 1.47. The molecule has 2 rings (SSSR count). The summed E-state index contributed by atoms with van der Waals surface area (Å²) in [5.74, 6) is -0.787. The summed E-state index contributed by atoms with van der Waals surface area (Å²) in [4.78, 5) is 37.3. The van der Waals surface area contributed by atoms with Gasteiger partial charge in [-0.25, -0.2) is 14.4 Å². The molecule has 1 aliphatic heterocycles. The third-order valence-corrected chi connectivity index (χ3v) is 4.93. The molecule has 1 unspecified atom stereocenters. The fourth-order valence-corrected chi connectivity index (χ4v) is 3.30. The molecule has 0 aromatic heterocycles. The predicted molar refractivity (Wildman–Crippen MR) is 111 cm³/mol. The highest BCUT2D eigenvalue weighted by molar-refractivity contribution is 5.79. The third-order valence-electron chi connectivity index (χ3n) is 4.93. The summed E-state index contributed by atoms with van der Waals surface area (Å²) in [5.41, 5.74) is 0.306. The Morgan fingerprint density at radius 1 is 1.17 bits per heavy atom. The van der Waals surface area contributed by atoms with Gasteiger partial charge in [0.25, 0.3) is 0 Å². The monoisotopic (exact) mass is 420 g/mol. The van der Waals surface area contributed by atoms with Crippen LogP contribution in [0.15, 0.2) is 30.3 Å². The molecule has 2 N–H and O–H groups in total. The number of aliphatic carboxylic acids is 1. The SMILES string of the molecule is CC(C)(C)OC(=O)N1CCC(CCC(NC(=O)OCc2ccccc2)C(=O)O)CC1. The first-order valence-electron chi connectivity index (χ1n) is 10.3. The number of rotatable bonds is 7. The molecule has 30 heavy (non-hydrogen) atoms. The number of ether oxygens (including phenoxy) is 2. The Morgan fingerprint density at radius 2 is 1.80 bits per heavy atom. The maximum atomic E-state index is 12.1. The number of carboxylic acids is 1. The van der Waals surface area contributed by atoms with Gasteiger partial charge >= 0.3 is 18.2 Å². The van der Waals surface area contributed by atoms with Crippen molar-refractivity contribution in [3.63, 3.8) is 0 Å². The molecule has 0 spiro atoms. The zero-order chi connectivity index (χ0) is 22.1. The molecule has 166 valence electrons. The van der Waals surface area contributed by atoms with Crippen LogP contribution in [0.5, 0.6) is 0 Å². The largest absolute Gasteiger partial charge is 0.480 e. The van der Waals surface area contributed by atoms with Crippen molar-refractivity contribution in [3.8, 4) is 0 Å². The van der Waals surface area contributed by atoms with Crippen molar-refractivity contribution >= 4 is 18.2 Å². The molecule has 8 nitrogen and oxygen atoms in total. The zero-order valence-electron chi connectivity index (χ0n) is 17.9. The Morgan fingerprint density at radius 3 is 2.37 bits per heavy atom. The molecule has 1 fully saturated rings. The second-order valence-electron chi connectivity index (χ2n) is 8.59. The molecule has 8 heteroatoms. The van der Waals surface area contributed by atoms with Gasteiger partial charge in [0.1, 0.15) is 18.2 Å². The Kier molecular flexibility index (Phi) is 8.50. The van der Waals surface area contributed by atoms with Crippen LogP contribution >= 0.6 is 0 Å². The van der Waals surface area contributed by atoms with Gasteiger partial charge in [0, 0.05) is 13.1 Å². The number of hydrogen-bond acceptors (Lipinski definition) is 5. The maximum absolute atomic E-state index is 12.1.